The van der Waals surface area contributed by atoms with Crippen LogP contribution in [0.4, 0.5) is 5.69 Å². The minimum absolute atomic E-state index is 0.00797. The number of sulfone groups is 1. The van der Waals surface area contributed by atoms with E-state index in [9.17, 15) is 21.6 Å². The molecule has 0 radical (unpaired) electrons. The van der Waals surface area contributed by atoms with Crippen LogP contribution in [0.3, 0.4) is 0 Å². The highest BCUT2D eigenvalue weighted by Crippen LogP contribution is 2.32. The zero-order valence-electron chi connectivity index (χ0n) is 17.6. The Bertz CT molecular complexity index is 1220. The monoisotopic (exact) mass is 484 g/mol. The summed E-state index contributed by atoms with van der Waals surface area (Å²) in [6.07, 6.45) is 2.44. The van der Waals surface area contributed by atoms with Crippen molar-refractivity contribution < 1.29 is 21.6 Å². The number of hydrogen-bond donors (Lipinski definition) is 0. The van der Waals surface area contributed by atoms with Crippen LogP contribution < -0.4 is 4.90 Å². The summed E-state index contributed by atoms with van der Waals surface area (Å²) in [5.41, 5.74) is 1.46. The highest BCUT2D eigenvalue weighted by Gasteiger charge is 2.28. The summed E-state index contributed by atoms with van der Waals surface area (Å²) in [7, 11) is -7.11. The maximum Gasteiger partial charge on any atom is 0.259 e. The van der Waals surface area contributed by atoms with Crippen LogP contribution in [0.1, 0.15) is 36.2 Å². The summed E-state index contributed by atoms with van der Waals surface area (Å²) in [5.74, 6) is -0.422. The van der Waals surface area contributed by atoms with Crippen molar-refractivity contribution in [2.75, 3.05) is 30.8 Å². The molecule has 0 bridgehead atoms. The standard InChI is InChI=1S/C21H25ClN2O5S2/c1-4-23(5-2)31(28,29)17-8-10-19(22)18(14-17)21(25)24-12-6-7-15-13-16(30(3,26)27)9-11-20(15)24/h8-11,13-14H,4-7,12H2,1-3H3. The third kappa shape index (κ3) is 4.64. The number of fused-ring (bicyclic) bond motifs is 1. The summed E-state index contributed by atoms with van der Waals surface area (Å²) >= 11 is 6.28. The number of carbonyl (C=O) groups is 1. The average Bonchev–Trinajstić information content (AvgIpc) is 2.72. The van der Waals surface area contributed by atoms with E-state index in [0.29, 0.717) is 38.2 Å². The minimum Gasteiger partial charge on any atom is -0.308 e. The van der Waals surface area contributed by atoms with Gasteiger partial charge < -0.3 is 4.90 Å². The van der Waals surface area contributed by atoms with Crippen molar-refractivity contribution in [3.63, 3.8) is 0 Å². The second-order valence-electron chi connectivity index (χ2n) is 7.35. The topological polar surface area (TPSA) is 91.8 Å². The lowest BCUT2D eigenvalue weighted by Gasteiger charge is -2.30. The Hall–Kier alpha value is -1.94. The third-order valence-corrected chi connectivity index (χ3v) is 8.84. The van der Waals surface area contributed by atoms with Crippen LogP contribution >= 0.6 is 11.6 Å². The molecule has 1 aliphatic rings. The van der Waals surface area contributed by atoms with Crippen LogP contribution in [0.25, 0.3) is 0 Å². The molecule has 31 heavy (non-hydrogen) atoms. The smallest absolute Gasteiger partial charge is 0.259 e. The van der Waals surface area contributed by atoms with Crippen LogP contribution in [-0.2, 0) is 26.3 Å². The molecule has 10 heteroatoms. The Morgan fingerprint density at radius 2 is 1.68 bits per heavy atom. The number of carbonyl (C=O) groups excluding carboxylic acids is 1. The second-order valence-corrected chi connectivity index (χ2v) is 11.7. The molecule has 0 spiro atoms. The first-order chi connectivity index (χ1) is 14.5. The van der Waals surface area contributed by atoms with Crippen molar-refractivity contribution in [2.24, 2.45) is 0 Å². The Labute approximate surface area is 188 Å². The van der Waals surface area contributed by atoms with Gasteiger partial charge in [0.05, 0.1) is 20.4 Å². The van der Waals surface area contributed by atoms with Crippen molar-refractivity contribution >= 4 is 43.1 Å². The van der Waals surface area contributed by atoms with Crippen molar-refractivity contribution in [3.8, 4) is 0 Å². The molecule has 0 N–H and O–H groups in total. The highest BCUT2D eigenvalue weighted by molar-refractivity contribution is 7.90. The number of anilines is 1. The quantitative estimate of drug-likeness (QED) is 0.626. The molecule has 1 heterocycles. The van der Waals surface area contributed by atoms with Gasteiger partial charge in [-0.15, -0.1) is 0 Å². The van der Waals surface area contributed by atoms with Crippen molar-refractivity contribution in [2.45, 2.75) is 36.5 Å². The van der Waals surface area contributed by atoms with E-state index in [2.05, 4.69) is 0 Å². The number of rotatable bonds is 6. The molecule has 168 valence electrons. The molecule has 0 atom stereocenters. The van der Waals surface area contributed by atoms with Crippen molar-refractivity contribution in [3.05, 3.63) is 52.5 Å². The van der Waals surface area contributed by atoms with Crippen LogP contribution in [0, 0.1) is 0 Å². The van der Waals surface area contributed by atoms with Crippen molar-refractivity contribution in [1.82, 2.24) is 4.31 Å². The van der Waals surface area contributed by atoms with E-state index in [-0.39, 0.29) is 20.4 Å². The maximum absolute atomic E-state index is 13.4. The first kappa shape index (κ1) is 23.7. The number of amides is 1. The summed E-state index contributed by atoms with van der Waals surface area (Å²) in [6, 6.07) is 8.82. The van der Waals surface area contributed by atoms with Gasteiger partial charge in [0.1, 0.15) is 0 Å². The van der Waals surface area contributed by atoms with E-state index < -0.39 is 25.8 Å². The van der Waals surface area contributed by atoms with E-state index in [1.807, 2.05) is 0 Å². The van der Waals surface area contributed by atoms with E-state index in [1.54, 1.807) is 26.0 Å². The summed E-state index contributed by atoms with van der Waals surface area (Å²) in [4.78, 5) is 15.1. The van der Waals surface area contributed by atoms with Gasteiger partial charge in [0.2, 0.25) is 10.0 Å². The number of halogens is 1. The van der Waals surface area contributed by atoms with Gasteiger partial charge in [0.15, 0.2) is 9.84 Å². The Kier molecular flexibility index (Phi) is 6.81. The molecule has 1 aliphatic heterocycles. The molecule has 0 aliphatic carbocycles. The van der Waals surface area contributed by atoms with Gasteiger partial charge >= 0.3 is 0 Å². The summed E-state index contributed by atoms with van der Waals surface area (Å²) in [5, 5.41) is 0.156. The second kappa shape index (κ2) is 8.90. The Morgan fingerprint density at radius 3 is 2.29 bits per heavy atom. The predicted octanol–water partition coefficient (Wildman–Crippen LogP) is 3.37. The van der Waals surface area contributed by atoms with Gasteiger partial charge in [-0.3, -0.25) is 4.79 Å². The fourth-order valence-electron chi connectivity index (χ4n) is 3.70. The first-order valence-electron chi connectivity index (χ1n) is 9.95. The molecule has 2 aromatic rings. The molecular formula is C21H25ClN2O5S2. The van der Waals surface area contributed by atoms with Gasteiger partial charge in [0.25, 0.3) is 5.91 Å². The van der Waals surface area contributed by atoms with E-state index in [4.69, 9.17) is 11.6 Å². The molecule has 7 nitrogen and oxygen atoms in total. The maximum atomic E-state index is 13.4. The summed E-state index contributed by atoms with van der Waals surface area (Å²) in [6.45, 7) is 4.55. The first-order valence-corrected chi connectivity index (χ1v) is 13.7. The fourth-order valence-corrected chi connectivity index (χ4v) is 6.06. The number of aryl methyl sites for hydroxylation is 1. The van der Waals surface area contributed by atoms with E-state index in [0.717, 1.165) is 11.8 Å². The van der Waals surface area contributed by atoms with E-state index in [1.165, 1.54) is 33.5 Å². The number of benzene rings is 2. The van der Waals surface area contributed by atoms with Gasteiger partial charge in [-0.05, 0) is 54.8 Å². The van der Waals surface area contributed by atoms with Gasteiger partial charge in [-0.1, -0.05) is 25.4 Å². The summed E-state index contributed by atoms with van der Waals surface area (Å²) < 4.78 is 50.8. The zero-order valence-corrected chi connectivity index (χ0v) is 20.0. The highest BCUT2D eigenvalue weighted by atomic mass is 35.5. The predicted molar refractivity (Wildman–Crippen MR) is 121 cm³/mol. The van der Waals surface area contributed by atoms with Crippen LogP contribution in [0.15, 0.2) is 46.2 Å². The fraction of sp³-hybridized carbons (Fsp3) is 0.381. The molecule has 0 fully saturated rings. The van der Waals surface area contributed by atoms with Gasteiger partial charge in [-0.25, -0.2) is 16.8 Å². The Balaban J connectivity index is 2.04. The lowest BCUT2D eigenvalue weighted by Crippen LogP contribution is -2.36. The van der Waals surface area contributed by atoms with Gasteiger partial charge in [0, 0.05) is 31.6 Å². The molecule has 0 unspecified atom stereocenters. The van der Waals surface area contributed by atoms with Crippen LogP contribution in [0.5, 0.6) is 0 Å². The molecule has 3 rings (SSSR count). The number of hydrogen-bond acceptors (Lipinski definition) is 5. The normalized spacial score (nSPS) is 14.5. The van der Waals surface area contributed by atoms with Crippen LogP contribution in [0.2, 0.25) is 5.02 Å². The van der Waals surface area contributed by atoms with Crippen LogP contribution in [-0.4, -0.2) is 52.9 Å². The van der Waals surface area contributed by atoms with Gasteiger partial charge in [-0.2, -0.15) is 4.31 Å². The zero-order chi connectivity index (χ0) is 23.0. The third-order valence-electron chi connectivity index (χ3n) is 5.35. The molecule has 0 saturated heterocycles. The molecule has 1 amide bonds. The lowest BCUT2D eigenvalue weighted by atomic mass is 10.0. The number of nitrogens with zero attached hydrogens (tertiary/aromatic N) is 2. The Morgan fingerprint density at radius 1 is 1.03 bits per heavy atom. The SMILES string of the molecule is CCN(CC)S(=O)(=O)c1ccc(Cl)c(C(=O)N2CCCc3cc(S(C)(=O)=O)ccc32)c1. The largest absolute Gasteiger partial charge is 0.308 e. The molecule has 0 aromatic heterocycles. The average molecular weight is 485 g/mol. The van der Waals surface area contributed by atoms with Crippen molar-refractivity contribution in [1.29, 1.82) is 0 Å². The molecular weight excluding hydrogens is 460 g/mol. The van der Waals surface area contributed by atoms with E-state index >= 15 is 0 Å². The lowest BCUT2D eigenvalue weighted by molar-refractivity contribution is 0.0985. The minimum atomic E-state index is -3.75. The molecule has 2 aromatic carbocycles. The molecule has 0 saturated carbocycles. The number of sulfonamides is 1.